The molecule has 1 aromatic heterocycles. The van der Waals surface area contributed by atoms with Gasteiger partial charge in [-0.2, -0.15) is 0 Å². The Kier molecular flexibility index (Phi) is 2.88. The monoisotopic (exact) mass is 240 g/mol. The summed E-state index contributed by atoms with van der Waals surface area (Å²) in [6.07, 6.45) is 0. The second kappa shape index (κ2) is 4.05. The number of carboxylic acid groups (broad SMARTS) is 1. The number of aryl methyl sites for hydroxylation is 2. The summed E-state index contributed by atoms with van der Waals surface area (Å²) in [4.78, 5) is 18.7. The molecule has 2 rings (SSSR count). The van der Waals surface area contributed by atoms with E-state index in [-0.39, 0.29) is 11.8 Å². The Balaban J connectivity index is 1.96. The van der Waals surface area contributed by atoms with Crippen LogP contribution in [0.2, 0.25) is 0 Å². The standard InChI is InChI=1S/C11H16N2O2S/c1-6(10(14)15)9-4-13(5-9)11-12-7(2)8(3)16-11/h6,9H,4-5H2,1-3H3,(H,14,15). The van der Waals surface area contributed by atoms with Crippen molar-refractivity contribution >= 4 is 22.4 Å². The molecule has 0 saturated carbocycles. The Bertz CT molecular complexity index is 391. The van der Waals surface area contributed by atoms with Gasteiger partial charge in [0.1, 0.15) is 0 Å². The molecule has 1 aliphatic rings. The SMILES string of the molecule is Cc1nc(N2CC(C(C)C(=O)O)C2)sc1C. The number of aliphatic carboxylic acids is 1. The Hall–Kier alpha value is -1.10. The molecule has 5 heteroatoms. The zero-order valence-electron chi connectivity index (χ0n) is 9.73. The van der Waals surface area contributed by atoms with E-state index in [2.05, 4.69) is 16.8 Å². The molecule has 16 heavy (non-hydrogen) atoms. The van der Waals surface area contributed by atoms with Crippen molar-refractivity contribution in [1.82, 2.24) is 4.98 Å². The van der Waals surface area contributed by atoms with Crippen LogP contribution in [0.25, 0.3) is 0 Å². The molecule has 1 atom stereocenters. The average molecular weight is 240 g/mol. The summed E-state index contributed by atoms with van der Waals surface area (Å²) >= 11 is 1.69. The number of carboxylic acids is 1. The Morgan fingerprint density at radius 2 is 2.19 bits per heavy atom. The molecule has 0 spiro atoms. The first-order valence-corrected chi connectivity index (χ1v) is 6.22. The lowest BCUT2D eigenvalue weighted by Gasteiger charge is -2.41. The van der Waals surface area contributed by atoms with Crippen LogP contribution in [-0.4, -0.2) is 29.1 Å². The number of nitrogens with zero attached hydrogens (tertiary/aromatic N) is 2. The van der Waals surface area contributed by atoms with E-state index in [1.54, 1.807) is 18.3 Å². The highest BCUT2D eigenvalue weighted by molar-refractivity contribution is 7.15. The highest BCUT2D eigenvalue weighted by Gasteiger charge is 2.35. The fourth-order valence-corrected chi connectivity index (χ4v) is 2.71. The van der Waals surface area contributed by atoms with Crippen LogP contribution in [0.5, 0.6) is 0 Å². The lowest BCUT2D eigenvalue weighted by Crippen LogP contribution is -2.51. The van der Waals surface area contributed by atoms with Crippen molar-refractivity contribution in [2.45, 2.75) is 20.8 Å². The van der Waals surface area contributed by atoms with Crippen molar-refractivity contribution in [3.63, 3.8) is 0 Å². The third-order valence-electron chi connectivity index (χ3n) is 3.29. The lowest BCUT2D eigenvalue weighted by molar-refractivity contribution is -0.143. The normalized spacial score (nSPS) is 18.3. The molecular formula is C11H16N2O2S. The van der Waals surface area contributed by atoms with Gasteiger partial charge in [-0.15, -0.1) is 11.3 Å². The molecule has 1 fully saturated rings. The average Bonchev–Trinajstić information content (AvgIpc) is 2.43. The highest BCUT2D eigenvalue weighted by atomic mass is 32.1. The Morgan fingerprint density at radius 3 is 2.62 bits per heavy atom. The van der Waals surface area contributed by atoms with E-state index in [1.807, 2.05) is 6.92 Å². The van der Waals surface area contributed by atoms with Gasteiger partial charge >= 0.3 is 5.97 Å². The van der Waals surface area contributed by atoms with Gasteiger partial charge in [0.25, 0.3) is 0 Å². The molecule has 1 N–H and O–H groups in total. The van der Waals surface area contributed by atoms with Crippen LogP contribution in [0.15, 0.2) is 0 Å². The van der Waals surface area contributed by atoms with Gasteiger partial charge in [0.05, 0.1) is 11.6 Å². The van der Waals surface area contributed by atoms with E-state index in [9.17, 15) is 4.79 Å². The molecule has 4 nitrogen and oxygen atoms in total. The lowest BCUT2D eigenvalue weighted by atomic mass is 9.87. The number of hydrogen-bond acceptors (Lipinski definition) is 4. The van der Waals surface area contributed by atoms with E-state index in [0.717, 1.165) is 23.9 Å². The van der Waals surface area contributed by atoms with Crippen LogP contribution in [0.4, 0.5) is 5.13 Å². The van der Waals surface area contributed by atoms with Crippen molar-refractivity contribution in [2.75, 3.05) is 18.0 Å². The van der Waals surface area contributed by atoms with Crippen molar-refractivity contribution in [3.8, 4) is 0 Å². The minimum atomic E-state index is -0.698. The van der Waals surface area contributed by atoms with Gasteiger partial charge in [-0.3, -0.25) is 4.79 Å². The molecule has 0 amide bonds. The maximum atomic E-state index is 10.8. The minimum Gasteiger partial charge on any atom is -0.481 e. The molecule has 88 valence electrons. The largest absolute Gasteiger partial charge is 0.481 e. The molecule has 0 aromatic carbocycles. The van der Waals surface area contributed by atoms with Gasteiger partial charge in [0.2, 0.25) is 0 Å². The molecule has 0 bridgehead atoms. The summed E-state index contributed by atoms with van der Waals surface area (Å²) in [5.74, 6) is -0.684. The molecule has 0 radical (unpaired) electrons. The highest BCUT2D eigenvalue weighted by Crippen LogP contribution is 2.33. The van der Waals surface area contributed by atoms with Gasteiger partial charge in [0.15, 0.2) is 5.13 Å². The zero-order valence-corrected chi connectivity index (χ0v) is 10.5. The predicted octanol–water partition coefficient (Wildman–Crippen LogP) is 1.92. The third-order valence-corrected chi connectivity index (χ3v) is 4.43. The van der Waals surface area contributed by atoms with Gasteiger partial charge in [-0.25, -0.2) is 4.98 Å². The first-order valence-electron chi connectivity index (χ1n) is 5.41. The summed E-state index contributed by atoms with van der Waals surface area (Å²) in [6.45, 7) is 7.49. The fraction of sp³-hybridized carbons (Fsp3) is 0.636. The van der Waals surface area contributed by atoms with Crippen LogP contribution in [0, 0.1) is 25.7 Å². The zero-order chi connectivity index (χ0) is 11.9. The predicted molar refractivity (Wildman–Crippen MR) is 64.1 cm³/mol. The molecule has 2 heterocycles. The summed E-state index contributed by atoms with van der Waals surface area (Å²) in [5, 5.41) is 9.92. The van der Waals surface area contributed by atoms with Crippen LogP contribution in [0.1, 0.15) is 17.5 Å². The quantitative estimate of drug-likeness (QED) is 0.877. The number of thiazole rings is 1. The summed E-state index contributed by atoms with van der Waals surface area (Å²) in [7, 11) is 0. The van der Waals surface area contributed by atoms with E-state index >= 15 is 0 Å². The van der Waals surface area contributed by atoms with Gasteiger partial charge in [-0.05, 0) is 13.8 Å². The van der Waals surface area contributed by atoms with Crippen molar-refractivity contribution < 1.29 is 9.90 Å². The van der Waals surface area contributed by atoms with Crippen molar-refractivity contribution in [2.24, 2.45) is 11.8 Å². The Labute approximate surface area is 98.9 Å². The number of hydrogen-bond donors (Lipinski definition) is 1. The molecule has 1 aliphatic heterocycles. The molecule has 1 aromatic rings. The molecule has 1 saturated heterocycles. The van der Waals surface area contributed by atoms with Gasteiger partial charge < -0.3 is 10.0 Å². The molecular weight excluding hydrogens is 224 g/mol. The topological polar surface area (TPSA) is 53.4 Å². The molecule has 1 unspecified atom stereocenters. The fourth-order valence-electron chi connectivity index (χ4n) is 1.78. The number of rotatable bonds is 3. The molecule has 0 aliphatic carbocycles. The summed E-state index contributed by atoms with van der Waals surface area (Å²) < 4.78 is 0. The number of aromatic nitrogens is 1. The van der Waals surface area contributed by atoms with Crippen molar-refractivity contribution in [1.29, 1.82) is 0 Å². The van der Waals surface area contributed by atoms with E-state index < -0.39 is 5.97 Å². The second-order valence-corrected chi connectivity index (χ2v) is 5.61. The van der Waals surface area contributed by atoms with E-state index in [4.69, 9.17) is 5.11 Å². The summed E-state index contributed by atoms with van der Waals surface area (Å²) in [6, 6.07) is 0. The van der Waals surface area contributed by atoms with Crippen LogP contribution >= 0.6 is 11.3 Å². The number of anilines is 1. The number of carbonyl (C=O) groups is 1. The second-order valence-electron chi connectivity index (χ2n) is 4.43. The maximum absolute atomic E-state index is 10.8. The van der Waals surface area contributed by atoms with Crippen LogP contribution < -0.4 is 4.90 Å². The van der Waals surface area contributed by atoms with E-state index in [1.165, 1.54) is 4.88 Å². The smallest absolute Gasteiger partial charge is 0.306 e. The first kappa shape index (κ1) is 11.4. The Morgan fingerprint density at radius 1 is 1.56 bits per heavy atom. The van der Waals surface area contributed by atoms with Gasteiger partial charge in [-0.1, -0.05) is 6.92 Å². The summed E-state index contributed by atoms with van der Waals surface area (Å²) in [5.41, 5.74) is 1.08. The third kappa shape index (κ3) is 1.91. The van der Waals surface area contributed by atoms with Crippen LogP contribution in [-0.2, 0) is 4.79 Å². The van der Waals surface area contributed by atoms with Crippen molar-refractivity contribution in [3.05, 3.63) is 10.6 Å². The first-order chi connectivity index (χ1) is 7.49. The van der Waals surface area contributed by atoms with E-state index in [0.29, 0.717) is 0 Å². The minimum absolute atomic E-state index is 0.251. The van der Waals surface area contributed by atoms with Gasteiger partial charge in [0, 0.05) is 23.9 Å². The van der Waals surface area contributed by atoms with Crippen LogP contribution in [0.3, 0.4) is 0 Å². The maximum Gasteiger partial charge on any atom is 0.306 e.